The standard InChI is InChI=1S/C14H21N3O4/c1-20-13-7-11(12(17(18)19)8-14(13)21-2)16-10-6-4-3-5-9(10)15/h7-10,16H,3-6,15H2,1-2H3. The second-order valence-corrected chi connectivity index (χ2v) is 5.18. The summed E-state index contributed by atoms with van der Waals surface area (Å²) >= 11 is 0. The van der Waals surface area contributed by atoms with Gasteiger partial charge in [-0.1, -0.05) is 12.8 Å². The second kappa shape index (κ2) is 6.62. The number of rotatable bonds is 5. The number of anilines is 1. The van der Waals surface area contributed by atoms with Crippen molar-refractivity contribution < 1.29 is 14.4 Å². The number of nitrogens with zero attached hydrogens (tertiary/aromatic N) is 1. The number of nitrogens with one attached hydrogen (secondary N) is 1. The third-order valence-corrected chi connectivity index (χ3v) is 3.86. The summed E-state index contributed by atoms with van der Waals surface area (Å²) in [5.74, 6) is 0.790. The molecule has 1 aromatic carbocycles. The Bertz CT molecular complexity index is 521. The molecule has 0 amide bonds. The summed E-state index contributed by atoms with van der Waals surface area (Å²) in [5, 5.41) is 14.5. The minimum atomic E-state index is -0.432. The van der Waals surface area contributed by atoms with Crippen molar-refractivity contribution in [3.63, 3.8) is 0 Å². The van der Waals surface area contributed by atoms with Crippen molar-refractivity contribution in [2.75, 3.05) is 19.5 Å². The van der Waals surface area contributed by atoms with Crippen molar-refractivity contribution in [2.45, 2.75) is 37.8 Å². The molecule has 0 radical (unpaired) electrons. The molecule has 1 saturated carbocycles. The summed E-state index contributed by atoms with van der Waals surface area (Å²) in [6.07, 6.45) is 4.02. The molecule has 7 heteroatoms. The van der Waals surface area contributed by atoms with E-state index in [0.29, 0.717) is 17.2 Å². The van der Waals surface area contributed by atoms with Crippen molar-refractivity contribution in [1.29, 1.82) is 0 Å². The average Bonchev–Trinajstić information content (AvgIpc) is 2.48. The van der Waals surface area contributed by atoms with Crippen molar-refractivity contribution >= 4 is 11.4 Å². The Morgan fingerprint density at radius 3 is 2.43 bits per heavy atom. The zero-order valence-corrected chi connectivity index (χ0v) is 12.3. The lowest BCUT2D eigenvalue weighted by atomic mass is 9.91. The van der Waals surface area contributed by atoms with Crippen LogP contribution in [0.2, 0.25) is 0 Å². The zero-order valence-electron chi connectivity index (χ0n) is 12.3. The first-order chi connectivity index (χ1) is 10.1. The van der Waals surface area contributed by atoms with Crippen LogP contribution in [0.15, 0.2) is 12.1 Å². The van der Waals surface area contributed by atoms with Gasteiger partial charge in [0, 0.05) is 18.2 Å². The van der Waals surface area contributed by atoms with E-state index in [-0.39, 0.29) is 17.8 Å². The number of benzene rings is 1. The molecular formula is C14H21N3O4. The molecule has 1 aliphatic carbocycles. The molecule has 3 N–H and O–H groups in total. The lowest BCUT2D eigenvalue weighted by Gasteiger charge is -2.30. The fraction of sp³-hybridized carbons (Fsp3) is 0.571. The Morgan fingerprint density at radius 1 is 1.24 bits per heavy atom. The fourth-order valence-electron chi connectivity index (χ4n) is 2.67. The van der Waals surface area contributed by atoms with Gasteiger partial charge in [0.15, 0.2) is 11.5 Å². The lowest BCUT2D eigenvalue weighted by Crippen LogP contribution is -2.42. The molecule has 116 valence electrons. The monoisotopic (exact) mass is 295 g/mol. The molecule has 1 aromatic rings. The van der Waals surface area contributed by atoms with Gasteiger partial charge in [0.25, 0.3) is 5.69 Å². The lowest BCUT2D eigenvalue weighted by molar-refractivity contribution is -0.384. The van der Waals surface area contributed by atoms with Crippen LogP contribution >= 0.6 is 0 Å². The first-order valence-corrected chi connectivity index (χ1v) is 6.99. The predicted octanol–water partition coefficient (Wildman–Crippen LogP) is 2.29. The quantitative estimate of drug-likeness (QED) is 0.638. The molecule has 0 spiro atoms. The molecule has 2 rings (SSSR count). The Kier molecular flexibility index (Phi) is 4.85. The Morgan fingerprint density at radius 2 is 1.86 bits per heavy atom. The molecule has 7 nitrogen and oxygen atoms in total. The molecule has 2 unspecified atom stereocenters. The SMILES string of the molecule is COc1cc(NC2CCCCC2N)c([N+](=O)[O-])cc1OC. The van der Waals surface area contributed by atoms with E-state index in [0.717, 1.165) is 25.7 Å². The van der Waals surface area contributed by atoms with E-state index in [1.807, 2.05) is 0 Å². The number of methoxy groups -OCH3 is 2. The minimum Gasteiger partial charge on any atom is -0.493 e. The van der Waals surface area contributed by atoms with Gasteiger partial charge in [0.1, 0.15) is 5.69 Å². The Hall–Kier alpha value is -2.02. The highest BCUT2D eigenvalue weighted by Gasteiger charge is 2.26. The number of nitro groups is 1. The highest BCUT2D eigenvalue weighted by Crippen LogP contribution is 2.38. The first kappa shape index (κ1) is 15.4. The molecule has 1 fully saturated rings. The van der Waals surface area contributed by atoms with Crippen molar-refractivity contribution in [3.05, 3.63) is 22.2 Å². The predicted molar refractivity (Wildman–Crippen MR) is 80.1 cm³/mol. The third-order valence-electron chi connectivity index (χ3n) is 3.86. The summed E-state index contributed by atoms with van der Waals surface area (Å²) in [7, 11) is 2.95. The number of nitrogens with two attached hydrogens (primary N) is 1. The van der Waals surface area contributed by atoms with Crippen LogP contribution in [0.3, 0.4) is 0 Å². The van der Waals surface area contributed by atoms with Gasteiger partial charge in [-0.3, -0.25) is 10.1 Å². The molecular weight excluding hydrogens is 274 g/mol. The van der Waals surface area contributed by atoms with Crippen LogP contribution in [-0.4, -0.2) is 31.2 Å². The van der Waals surface area contributed by atoms with Gasteiger partial charge in [0.05, 0.1) is 25.2 Å². The van der Waals surface area contributed by atoms with E-state index in [4.69, 9.17) is 15.2 Å². The maximum atomic E-state index is 11.3. The normalized spacial score (nSPS) is 21.7. The molecule has 2 atom stereocenters. The van der Waals surface area contributed by atoms with Crippen LogP contribution in [0.4, 0.5) is 11.4 Å². The van der Waals surface area contributed by atoms with Gasteiger partial charge in [-0.05, 0) is 12.8 Å². The molecule has 0 aliphatic heterocycles. The van der Waals surface area contributed by atoms with Crippen LogP contribution in [0, 0.1) is 10.1 Å². The number of nitro benzene ring substituents is 1. The van der Waals surface area contributed by atoms with E-state index >= 15 is 0 Å². The van der Waals surface area contributed by atoms with Crippen LogP contribution < -0.4 is 20.5 Å². The van der Waals surface area contributed by atoms with E-state index in [1.54, 1.807) is 6.07 Å². The van der Waals surface area contributed by atoms with Crippen LogP contribution in [0.5, 0.6) is 11.5 Å². The van der Waals surface area contributed by atoms with Crippen LogP contribution in [0.25, 0.3) is 0 Å². The van der Waals surface area contributed by atoms with Crippen LogP contribution in [0.1, 0.15) is 25.7 Å². The summed E-state index contributed by atoms with van der Waals surface area (Å²) in [4.78, 5) is 10.8. The smallest absolute Gasteiger partial charge is 0.296 e. The van der Waals surface area contributed by atoms with E-state index in [1.165, 1.54) is 20.3 Å². The molecule has 0 saturated heterocycles. The van der Waals surface area contributed by atoms with Crippen molar-refractivity contribution in [2.24, 2.45) is 5.73 Å². The van der Waals surface area contributed by atoms with Gasteiger partial charge in [-0.2, -0.15) is 0 Å². The van der Waals surface area contributed by atoms with Gasteiger partial charge in [0.2, 0.25) is 0 Å². The first-order valence-electron chi connectivity index (χ1n) is 6.99. The van der Waals surface area contributed by atoms with Gasteiger partial charge in [-0.25, -0.2) is 0 Å². The molecule has 0 bridgehead atoms. The minimum absolute atomic E-state index is 0.00597. The summed E-state index contributed by atoms with van der Waals surface area (Å²) in [6.45, 7) is 0. The number of ether oxygens (including phenoxy) is 2. The van der Waals surface area contributed by atoms with E-state index < -0.39 is 4.92 Å². The number of hydrogen-bond acceptors (Lipinski definition) is 6. The highest BCUT2D eigenvalue weighted by atomic mass is 16.6. The Labute approximate surface area is 123 Å². The van der Waals surface area contributed by atoms with Gasteiger partial charge in [-0.15, -0.1) is 0 Å². The molecule has 0 heterocycles. The summed E-state index contributed by atoms with van der Waals surface area (Å²) in [5.41, 5.74) is 6.47. The fourth-order valence-corrected chi connectivity index (χ4v) is 2.67. The van der Waals surface area contributed by atoms with Crippen LogP contribution in [-0.2, 0) is 0 Å². The number of hydrogen-bond donors (Lipinski definition) is 2. The topological polar surface area (TPSA) is 99.7 Å². The third kappa shape index (κ3) is 3.36. The average molecular weight is 295 g/mol. The van der Waals surface area contributed by atoms with Crippen molar-refractivity contribution in [3.8, 4) is 11.5 Å². The molecule has 0 aromatic heterocycles. The maximum Gasteiger partial charge on any atom is 0.296 e. The second-order valence-electron chi connectivity index (χ2n) is 5.18. The van der Waals surface area contributed by atoms with E-state index in [2.05, 4.69) is 5.32 Å². The van der Waals surface area contributed by atoms with Gasteiger partial charge >= 0.3 is 0 Å². The Balaban J connectivity index is 2.33. The molecule has 21 heavy (non-hydrogen) atoms. The summed E-state index contributed by atoms with van der Waals surface area (Å²) < 4.78 is 10.3. The highest BCUT2D eigenvalue weighted by molar-refractivity contribution is 5.69. The largest absolute Gasteiger partial charge is 0.493 e. The van der Waals surface area contributed by atoms with Crippen molar-refractivity contribution in [1.82, 2.24) is 0 Å². The van der Waals surface area contributed by atoms with E-state index in [9.17, 15) is 10.1 Å². The maximum absolute atomic E-state index is 11.3. The zero-order chi connectivity index (χ0) is 15.4. The molecule has 1 aliphatic rings. The summed E-state index contributed by atoms with van der Waals surface area (Å²) in [6, 6.07) is 3.01. The van der Waals surface area contributed by atoms with Gasteiger partial charge < -0.3 is 20.5 Å².